The summed E-state index contributed by atoms with van der Waals surface area (Å²) < 4.78 is 5.34. The van der Waals surface area contributed by atoms with Crippen LogP contribution in [0, 0.1) is 10.1 Å². The number of rotatable bonds is 6. The van der Waals surface area contributed by atoms with Crippen LogP contribution in [0.5, 0.6) is 5.75 Å². The highest BCUT2D eigenvalue weighted by molar-refractivity contribution is 6.36. The summed E-state index contributed by atoms with van der Waals surface area (Å²) >= 11 is 11.9. The van der Waals surface area contributed by atoms with Gasteiger partial charge in [-0.25, -0.2) is 10.2 Å². The topological polar surface area (TPSA) is 111 Å². The highest BCUT2D eigenvalue weighted by atomic mass is 35.5. The van der Waals surface area contributed by atoms with Crippen molar-refractivity contribution in [3.05, 3.63) is 104 Å². The van der Waals surface area contributed by atoms with Gasteiger partial charge >= 0.3 is 5.97 Å². The number of ether oxygens (including phenoxy) is 1. The second kappa shape index (κ2) is 9.84. The third-order valence-electron chi connectivity index (χ3n) is 3.96. The fraction of sp³-hybridized carbons (Fsp3) is 0. The van der Waals surface area contributed by atoms with Crippen LogP contribution in [0.4, 0.5) is 5.69 Å². The Morgan fingerprint density at radius 2 is 1.77 bits per heavy atom. The zero-order chi connectivity index (χ0) is 22.4. The average molecular weight is 458 g/mol. The molecule has 31 heavy (non-hydrogen) atoms. The quantitative estimate of drug-likeness (QED) is 0.186. The van der Waals surface area contributed by atoms with Gasteiger partial charge in [-0.05, 0) is 36.4 Å². The van der Waals surface area contributed by atoms with Gasteiger partial charge in [-0.2, -0.15) is 5.10 Å². The van der Waals surface area contributed by atoms with Crippen LogP contribution in [0.25, 0.3) is 0 Å². The predicted molar refractivity (Wildman–Crippen MR) is 116 cm³/mol. The Balaban J connectivity index is 1.84. The number of carbonyl (C=O) groups is 2. The maximum atomic E-state index is 12.5. The third-order valence-corrected chi connectivity index (χ3v) is 4.51. The van der Waals surface area contributed by atoms with Crippen LogP contribution in [0.15, 0.2) is 71.8 Å². The standard InChI is InChI=1S/C21H13Cl2N3O5/c22-15-6-8-17(18(23)11-15)21(28)31-19-9-7-16(26(29)30)10-14(19)12-24-25-20(27)13-4-2-1-3-5-13/h1-12H,(H,25,27)/b24-12+. The van der Waals surface area contributed by atoms with Gasteiger partial charge in [-0.1, -0.05) is 41.4 Å². The highest BCUT2D eigenvalue weighted by Crippen LogP contribution is 2.26. The lowest BCUT2D eigenvalue weighted by molar-refractivity contribution is -0.384. The molecule has 0 radical (unpaired) electrons. The molecule has 0 aliphatic heterocycles. The van der Waals surface area contributed by atoms with E-state index in [9.17, 15) is 19.7 Å². The fourth-order valence-electron chi connectivity index (χ4n) is 2.47. The highest BCUT2D eigenvalue weighted by Gasteiger charge is 2.17. The van der Waals surface area contributed by atoms with Gasteiger partial charge < -0.3 is 4.74 Å². The Morgan fingerprint density at radius 3 is 2.45 bits per heavy atom. The van der Waals surface area contributed by atoms with Crippen molar-refractivity contribution < 1.29 is 19.2 Å². The van der Waals surface area contributed by atoms with Crippen LogP contribution in [-0.4, -0.2) is 23.0 Å². The maximum Gasteiger partial charge on any atom is 0.345 e. The van der Waals surface area contributed by atoms with Gasteiger partial charge in [0.05, 0.1) is 21.7 Å². The van der Waals surface area contributed by atoms with Gasteiger partial charge in [0.15, 0.2) is 0 Å². The monoisotopic (exact) mass is 457 g/mol. The summed E-state index contributed by atoms with van der Waals surface area (Å²) in [4.78, 5) is 35.1. The normalized spacial score (nSPS) is 10.6. The van der Waals surface area contributed by atoms with Crippen molar-refractivity contribution in [2.45, 2.75) is 0 Å². The largest absolute Gasteiger partial charge is 0.422 e. The molecule has 156 valence electrons. The number of esters is 1. The number of nitrogens with one attached hydrogen (secondary N) is 1. The molecule has 0 atom stereocenters. The number of carbonyl (C=O) groups excluding carboxylic acids is 2. The van der Waals surface area contributed by atoms with Crippen molar-refractivity contribution in [3.63, 3.8) is 0 Å². The van der Waals surface area contributed by atoms with E-state index in [1.807, 2.05) is 0 Å². The zero-order valence-corrected chi connectivity index (χ0v) is 17.1. The van der Waals surface area contributed by atoms with Crippen LogP contribution in [-0.2, 0) is 0 Å². The van der Waals surface area contributed by atoms with Gasteiger partial charge in [0, 0.05) is 28.3 Å². The summed E-state index contributed by atoms with van der Waals surface area (Å²) in [6.45, 7) is 0. The number of halogens is 2. The molecule has 3 aromatic carbocycles. The predicted octanol–water partition coefficient (Wildman–Crippen LogP) is 4.88. The molecule has 0 saturated carbocycles. The van der Waals surface area contributed by atoms with Crippen LogP contribution < -0.4 is 10.2 Å². The molecule has 3 aromatic rings. The number of benzene rings is 3. The summed E-state index contributed by atoms with van der Waals surface area (Å²) in [6, 6.07) is 16.2. The SMILES string of the molecule is O=C(N/N=C/c1cc([N+](=O)[O-])ccc1OC(=O)c1ccc(Cl)cc1Cl)c1ccccc1. The maximum absolute atomic E-state index is 12.5. The second-order valence-electron chi connectivity index (χ2n) is 6.06. The summed E-state index contributed by atoms with van der Waals surface area (Å²) in [5.41, 5.74) is 2.59. The summed E-state index contributed by atoms with van der Waals surface area (Å²) in [7, 11) is 0. The van der Waals surface area contributed by atoms with E-state index in [-0.39, 0.29) is 27.6 Å². The molecule has 0 saturated heterocycles. The van der Waals surface area contributed by atoms with E-state index in [2.05, 4.69) is 10.5 Å². The van der Waals surface area contributed by atoms with Crippen LogP contribution in [0.1, 0.15) is 26.3 Å². The fourth-order valence-corrected chi connectivity index (χ4v) is 2.95. The first-order valence-corrected chi connectivity index (χ1v) is 9.45. The first kappa shape index (κ1) is 21.9. The van der Waals surface area contributed by atoms with Crippen molar-refractivity contribution in [3.8, 4) is 5.75 Å². The van der Waals surface area contributed by atoms with E-state index < -0.39 is 16.8 Å². The minimum atomic E-state index is -0.793. The first-order valence-electron chi connectivity index (χ1n) is 8.69. The third kappa shape index (κ3) is 5.65. The van der Waals surface area contributed by atoms with Gasteiger partial charge in [-0.15, -0.1) is 0 Å². The van der Waals surface area contributed by atoms with Gasteiger partial charge in [-0.3, -0.25) is 14.9 Å². The summed E-state index contributed by atoms with van der Waals surface area (Å²) in [5.74, 6) is -1.29. The molecule has 0 aliphatic rings. The Bertz CT molecular complexity index is 1180. The van der Waals surface area contributed by atoms with Gasteiger partial charge in [0.2, 0.25) is 0 Å². The molecule has 1 N–H and O–H groups in total. The number of hydrogen-bond donors (Lipinski definition) is 1. The van der Waals surface area contributed by atoms with E-state index in [1.54, 1.807) is 30.3 Å². The molecule has 0 bridgehead atoms. The number of non-ortho nitro benzene ring substituents is 1. The van der Waals surface area contributed by atoms with Crippen molar-refractivity contribution in [1.82, 2.24) is 5.43 Å². The Hall–Kier alpha value is -3.75. The van der Waals surface area contributed by atoms with Gasteiger partial charge in [0.25, 0.3) is 11.6 Å². The minimum Gasteiger partial charge on any atom is -0.422 e. The number of nitrogens with zero attached hydrogens (tertiary/aromatic N) is 2. The lowest BCUT2D eigenvalue weighted by Crippen LogP contribution is -2.17. The smallest absolute Gasteiger partial charge is 0.345 e. The zero-order valence-electron chi connectivity index (χ0n) is 15.6. The molecule has 1 amide bonds. The Morgan fingerprint density at radius 1 is 1.03 bits per heavy atom. The first-order chi connectivity index (χ1) is 14.8. The molecule has 0 spiro atoms. The number of nitro groups is 1. The lowest BCUT2D eigenvalue weighted by atomic mass is 10.2. The Kier molecular flexibility index (Phi) is 6.96. The molecule has 0 heterocycles. The molecule has 8 nitrogen and oxygen atoms in total. The van der Waals surface area contributed by atoms with Crippen LogP contribution >= 0.6 is 23.2 Å². The molecule has 10 heteroatoms. The molecule has 0 fully saturated rings. The number of nitro benzene ring substituents is 1. The molecular formula is C21H13Cl2N3O5. The molecule has 0 aromatic heterocycles. The van der Waals surface area contributed by atoms with Crippen molar-refractivity contribution in [1.29, 1.82) is 0 Å². The van der Waals surface area contributed by atoms with E-state index in [0.717, 1.165) is 12.3 Å². The van der Waals surface area contributed by atoms with Crippen LogP contribution in [0.3, 0.4) is 0 Å². The summed E-state index contributed by atoms with van der Waals surface area (Å²) in [6.07, 6.45) is 1.14. The molecular weight excluding hydrogens is 445 g/mol. The Labute approximate surface area is 186 Å². The van der Waals surface area contributed by atoms with Gasteiger partial charge in [0.1, 0.15) is 5.75 Å². The van der Waals surface area contributed by atoms with Crippen LogP contribution in [0.2, 0.25) is 10.0 Å². The second-order valence-corrected chi connectivity index (χ2v) is 6.90. The number of hydrogen-bond acceptors (Lipinski definition) is 6. The molecule has 0 unspecified atom stereocenters. The van der Waals surface area contributed by atoms with E-state index in [4.69, 9.17) is 27.9 Å². The average Bonchev–Trinajstić information content (AvgIpc) is 2.75. The minimum absolute atomic E-state index is 0.0145. The lowest BCUT2D eigenvalue weighted by Gasteiger charge is -2.09. The molecule has 3 rings (SSSR count). The van der Waals surface area contributed by atoms with E-state index in [0.29, 0.717) is 10.6 Å². The van der Waals surface area contributed by atoms with E-state index in [1.165, 1.54) is 30.3 Å². The van der Waals surface area contributed by atoms with E-state index >= 15 is 0 Å². The summed E-state index contributed by atoms with van der Waals surface area (Å²) in [5, 5.41) is 15.3. The van der Waals surface area contributed by atoms with Crippen molar-refractivity contribution in [2.75, 3.05) is 0 Å². The molecule has 0 aliphatic carbocycles. The van der Waals surface area contributed by atoms with Crippen molar-refractivity contribution >= 4 is 47.0 Å². The number of hydrazone groups is 1. The van der Waals surface area contributed by atoms with Crippen molar-refractivity contribution in [2.24, 2.45) is 5.10 Å². The number of amides is 1.